The number of fused-ring (bicyclic) bond motifs is 1. The van der Waals surface area contributed by atoms with E-state index in [0.29, 0.717) is 16.9 Å². The Kier molecular flexibility index (Phi) is 3.57. The molecule has 1 amide bonds. The number of H-pyrrole nitrogens is 1. The molecule has 0 aliphatic carbocycles. The van der Waals surface area contributed by atoms with Crippen LogP contribution in [0.2, 0.25) is 0 Å². The molecule has 0 aliphatic heterocycles. The molecule has 21 heavy (non-hydrogen) atoms. The minimum absolute atomic E-state index is 0.227. The summed E-state index contributed by atoms with van der Waals surface area (Å²) in [4.78, 5) is 27.9. The number of hydrogen-bond donors (Lipinski definition) is 2. The van der Waals surface area contributed by atoms with Crippen LogP contribution in [0.15, 0.2) is 35.6 Å². The van der Waals surface area contributed by atoms with E-state index in [1.165, 1.54) is 6.20 Å². The number of amides is 1. The van der Waals surface area contributed by atoms with Gasteiger partial charge in [-0.2, -0.15) is 0 Å². The molecule has 0 atom stereocenters. The van der Waals surface area contributed by atoms with Gasteiger partial charge in [-0.25, -0.2) is 15.0 Å². The van der Waals surface area contributed by atoms with Crippen molar-refractivity contribution in [3.63, 3.8) is 0 Å². The summed E-state index contributed by atoms with van der Waals surface area (Å²) in [7, 11) is 0. The topological polar surface area (TPSA) is 83.6 Å². The zero-order chi connectivity index (χ0) is 14.8. The zero-order valence-corrected chi connectivity index (χ0v) is 12.4. The molecule has 0 radical (unpaired) electrons. The summed E-state index contributed by atoms with van der Waals surface area (Å²) >= 11 is 1.55. The van der Waals surface area contributed by atoms with Crippen LogP contribution < -0.4 is 5.32 Å². The van der Waals surface area contributed by atoms with E-state index in [1.54, 1.807) is 24.0 Å². The normalized spacial score (nSPS) is 10.8. The van der Waals surface area contributed by atoms with Gasteiger partial charge in [0.05, 0.1) is 28.0 Å². The minimum Gasteiger partial charge on any atom is -0.341 e. The first-order chi connectivity index (χ1) is 10.2. The van der Waals surface area contributed by atoms with Crippen molar-refractivity contribution in [2.45, 2.75) is 11.9 Å². The average Bonchev–Trinajstić information content (AvgIpc) is 2.87. The van der Waals surface area contributed by atoms with Crippen molar-refractivity contribution in [3.8, 4) is 0 Å². The Morgan fingerprint density at radius 1 is 1.29 bits per heavy atom. The van der Waals surface area contributed by atoms with Crippen LogP contribution in [0, 0.1) is 6.92 Å². The number of aryl methyl sites for hydroxylation is 1. The molecule has 3 aromatic rings. The number of pyridine rings is 2. The number of carbonyl (C=O) groups excluding carboxylic acids is 1. The summed E-state index contributed by atoms with van der Waals surface area (Å²) in [6.45, 7) is 1.85. The van der Waals surface area contributed by atoms with Crippen LogP contribution in [0.25, 0.3) is 11.2 Å². The SMILES string of the molecule is CSc1ccc(NC(=O)c2cnc3nc(C)[nH]c3c2)cn1. The molecule has 0 saturated heterocycles. The smallest absolute Gasteiger partial charge is 0.257 e. The molecule has 3 aromatic heterocycles. The lowest BCUT2D eigenvalue weighted by Crippen LogP contribution is -2.12. The molecule has 106 valence electrons. The van der Waals surface area contributed by atoms with E-state index in [9.17, 15) is 4.79 Å². The van der Waals surface area contributed by atoms with E-state index >= 15 is 0 Å². The highest BCUT2D eigenvalue weighted by atomic mass is 32.2. The predicted molar refractivity (Wildman–Crippen MR) is 82.6 cm³/mol. The van der Waals surface area contributed by atoms with Crippen molar-refractivity contribution < 1.29 is 4.79 Å². The number of nitrogens with zero attached hydrogens (tertiary/aromatic N) is 3. The molecule has 0 spiro atoms. The van der Waals surface area contributed by atoms with Gasteiger partial charge in [0, 0.05) is 6.20 Å². The first-order valence-corrected chi connectivity index (χ1v) is 7.52. The predicted octanol–water partition coefficient (Wildman–Crippen LogP) is 2.64. The molecule has 0 saturated carbocycles. The first-order valence-electron chi connectivity index (χ1n) is 6.29. The van der Waals surface area contributed by atoms with Gasteiger partial charge in [-0.15, -0.1) is 11.8 Å². The lowest BCUT2D eigenvalue weighted by molar-refractivity contribution is 0.102. The maximum atomic E-state index is 12.2. The van der Waals surface area contributed by atoms with Crippen LogP contribution in [-0.4, -0.2) is 32.1 Å². The molecule has 7 heteroatoms. The number of aromatic nitrogens is 4. The lowest BCUT2D eigenvalue weighted by atomic mass is 10.2. The summed E-state index contributed by atoms with van der Waals surface area (Å²) in [5, 5.41) is 3.70. The van der Waals surface area contributed by atoms with Gasteiger partial charge in [-0.3, -0.25) is 4.79 Å². The lowest BCUT2D eigenvalue weighted by Gasteiger charge is -2.05. The fraction of sp³-hybridized carbons (Fsp3) is 0.143. The third-order valence-electron chi connectivity index (χ3n) is 2.92. The highest BCUT2D eigenvalue weighted by Gasteiger charge is 2.10. The standard InChI is InChI=1S/C14H13N5OS/c1-8-17-11-5-9(6-16-13(11)18-8)14(20)19-10-3-4-12(21-2)15-7-10/h3-7H,1-2H3,(H,19,20)(H,16,17,18). The third-order valence-corrected chi connectivity index (χ3v) is 3.58. The Morgan fingerprint density at radius 3 is 2.86 bits per heavy atom. The molecule has 3 rings (SSSR count). The fourth-order valence-corrected chi connectivity index (χ4v) is 2.28. The van der Waals surface area contributed by atoms with Gasteiger partial charge in [0.15, 0.2) is 5.65 Å². The molecule has 0 unspecified atom stereocenters. The molecule has 2 N–H and O–H groups in total. The van der Waals surface area contributed by atoms with Gasteiger partial charge in [-0.1, -0.05) is 0 Å². The number of carbonyl (C=O) groups is 1. The maximum Gasteiger partial charge on any atom is 0.257 e. The van der Waals surface area contributed by atoms with Crippen molar-refractivity contribution in [2.24, 2.45) is 0 Å². The van der Waals surface area contributed by atoms with Crippen LogP contribution in [0.1, 0.15) is 16.2 Å². The Hall–Kier alpha value is -2.41. The zero-order valence-electron chi connectivity index (χ0n) is 11.5. The molecular weight excluding hydrogens is 286 g/mol. The summed E-state index contributed by atoms with van der Waals surface area (Å²) in [6, 6.07) is 5.42. The van der Waals surface area contributed by atoms with Gasteiger partial charge in [0.2, 0.25) is 0 Å². The molecule has 6 nitrogen and oxygen atoms in total. The molecule has 3 heterocycles. The van der Waals surface area contributed by atoms with Crippen molar-refractivity contribution in [1.82, 2.24) is 19.9 Å². The number of hydrogen-bond acceptors (Lipinski definition) is 5. The molecular formula is C14H13N5OS. The van der Waals surface area contributed by atoms with Crippen molar-refractivity contribution >= 4 is 34.5 Å². The number of imidazole rings is 1. The van der Waals surface area contributed by atoms with Gasteiger partial charge in [0.1, 0.15) is 5.82 Å². The van der Waals surface area contributed by atoms with Crippen LogP contribution in [0.4, 0.5) is 5.69 Å². The van der Waals surface area contributed by atoms with Gasteiger partial charge in [-0.05, 0) is 31.4 Å². The van der Waals surface area contributed by atoms with Gasteiger partial charge in [0.25, 0.3) is 5.91 Å². The average molecular weight is 299 g/mol. The monoisotopic (exact) mass is 299 g/mol. The Bertz CT molecular complexity index is 797. The molecule has 0 aromatic carbocycles. The Labute approximate surface area is 125 Å². The highest BCUT2D eigenvalue weighted by Crippen LogP contribution is 2.16. The van der Waals surface area contributed by atoms with Gasteiger partial charge >= 0.3 is 0 Å². The fourth-order valence-electron chi connectivity index (χ4n) is 1.92. The Balaban J connectivity index is 1.82. The second kappa shape index (κ2) is 5.53. The molecule has 0 aliphatic rings. The third kappa shape index (κ3) is 2.87. The summed E-state index contributed by atoms with van der Waals surface area (Å²) in [5.74, 6) is 0.544. The maximum absolute atomic E-state index is 12.2. The second-order valence-electron chi connectivity index (χ2n) is 4.46. The summed E-state index contributed by atoms with van der Waals surface area (Å²) in [5.41, 5.74) is 2.48. The van der Waals surface area contributed by atoms with Crippen molar-refractivity contribution in [1.29, 1.82) is 0 Å². The largest absolute Gasteiger partial charge is 0.341 e. The minimum atomic E-state index is -0.227. The number of anilines is 1. The quantitative estimate of drug-likeness (QED) is 0.726. The van der Waals surface area contributed by atoms with E-state index in [4.69, 9.17) is 0 Å². The number of thioether (sulfide) groups is 1. The van der Waals surface area contributed by atoms with Crippen LogP contribution >= 0.6 is 11.8 Å². The van der Waals surface area contributed by atoms with E-state index in [1.807, 2.05) is 25.3 Å². The van der Waals surface area contributed by atoms with E-state index < -0.39 is 0 Å². The second-order valence-corrected chi connectivity index (χ2v) is 5.29. The van der Waals surface area contributed by atoms with Crippen LogP contribution in [-0.2, 0) is 0 Å². The number of rotatable bonds is 3. The van der Waals surface area contributed by atoms with Crippen LogP contribution in [0.3, 0.4) is 0 Å². The molecule has 0 bridgehead atoms. The summed E-state index contributed by atoms with van der Waals surface area (Å²) in [6.07, 6.45) is 5.10. The van der Waals surface area contributed by atoms with Crippen molar-refractivity contribution in [3.05, 3.63) is 42.0 Å². The van der Waals surface area contributed by atoms with Crippen molar-refractivity contribution in [2.75, 3.05) is 11.6 Å². The number of nitrogens with one attached hydrogen (secondary N) is 2. The van der Waals surface area contributed by atoms with E-state index in [-0.39, 0.29) is 5.91 Å². The summed E-state index contributed by atoms with van der Waals surface area (Å²) < 4.78 is 0. The Morgan fingerprint density at radius 2 is 2.14 bits per heavy atom. The van der Waals surface area contributed by atoms with Gasteiger partial charge < -0.3 is 10.3 Å². The van der Waals surface area contributed by atoms with Crippen LogP contribution in [0.5, 0.6) is 0 Å². The first kappa shape index (κ1) is 13.6. The molecule has 0 fully saturated rings. The van der Waals surface area contributed by atoms with E-state index in [0.717, 1.165) is 16.4 Å². The number of aromatic amines is 1. The van der Waals surface area contributed by atoms with E-state index in [2.05, 4.69) is 25.3 Å². The highest BCUT2D eigenvalue weighted by molar-refractivity contribution is 7.98.